The maximum Gasteiger partial charge on any atom is 0.0398 e. The molecule has 1 N–H and O–H groups in total. The third-order valence-corrected chi connectivity index (χ3v) is 4.48. The Morgan fingerprint density at radius 3 is 2.88 bits per heavy atom. The molecule has 1 aromatic rings. The molecule has 2 nitrogen and oxygen atoms in total. The van der Waals surface area contributed by atoms with Crippen LogP contribution in [0.15, 0.2) is 18.2 Å². The second-order valence-electron chi connectivity index (χ2n) is 5.89. The molecule has 0 bridgehead atoms. The summed E-state index contributed by atoms with van der Waals surface area (Å²) in [5, 5.41) is 3.53. The number of aryl methyl sites for hydroxylation is 2. The fourth-order valence-corrected chi connectivity index (χ4v) is 3.34. The molecular formula is C15H22N2. The van der Waals surface area contributed by atoms with Crippen LogP contribution in [0, 0.1) is 19.3 Å². The van der Waals surface area contributed by atoms with E-state index >= 15 is 0 Å². The summed E-state index contributed by atoms with van der Waals surface area (Å²) in [6.45, 7) is 9.31. The van der Waals surface area contributed by atoms with E-state index in [4.69, 9.17) is 0 Å². The van der Waals surface area contributed by atoms with Crippen LogP contribution in [0.4, 0.5) is 5.69 Å². The number of nitrogens with one attached hydrogen (secondary N) is 1. The van der Waals surface area contributed by atoms with Gasteiger partial charge in [-0.2, -0.15) is 0 Å². The van der Waals surface area contributed by atoms with Crippen LogP contribution < -0.4 is 10.2 Å². The molecule has 1 atom stereocenters. The minimum atomic E-state index is 0.566. The highest BCUT2D eigenvalue weighted by Crippen LogP contribution is 2.39. The van der Waals surface area contributed by atoms with E-state index in [0.29, 0.717) is 5.41 Å². The van der Waals surface area contributed by atoms with Crippen molar-refractivity contribution in [3.63, 3.8) is 0 Å². The number of rotatable bonds is 1. The first-order valence-corrected chi connectivity index (χ1v) is 6.72. The number of hydrogen-bond acceptors (Lipinski definition) is 2. The molecule has 2 fully saturated rings. The van der Waals surface area contributed by atoms with Crippen molar-refractivity contribution in [2.24, 2.45) is 5.41 Å². The molecule has 0 saturated carbocycles. The SMILES string of the molecule is Cc1ccc(C)c(N2CCC3(CCNC3)C2)c1. The van der Waals surface area contributed by atoms with Crippen LogP contribution in [0.5, 0.6) is 0 Å². The summed E-state index contributed by atoms with van der Waals surface area (Å²) in [5.41, 5.74) is 4.80. The van der Waals surface area contributed by atoms with Gasteiger partial charge in [0.1, 0.15) is 0 Å². The summed E-state index contributed by atoms with van der Waals surface area (Å²) in [4.78, 5) is 2.59. The molecule has 2 saturated heterocycles. The predicted octanol–water partition coefficient (Wildman–Crippen LogP) is 2.49. The van der Waals surface area contributed by atoms with Crippen molar-refractivity contribution in [1.82, 2.24) is 5.32 Å². The molecule has 92 valence electrons. The largest absolute Gasteiger partial charge is 0.371 e. The Bertz CT molecular complexity index is 419. The van der Waals surface area contributed by atoms with Gasteiger partial charge in [-0.1, -0.05) is 12.1 Å². The van der Waals surface area contributed by atoms with Gasteiger partial charge in [-0.05, 0) is 50.4 Å². The summed E-state index contributed by atoms with van der Waals surface area (Å²) in [5.74, 6) is 0. The highest BCUT2D eigenvalue weighted by molar-refractivity contribution is 5.56. The summed E-state index contributed by atoms with van der Waals surface area (Å²) < 4.78 is 0. The first-order chi connectivity index (χ1) is 8.19. The molecular weight excluding hydrogens is 208 g/mol. The topological polar surface area (TPSA) is 15.3 Å². The Morgan fingerprint density at radius 1 is 1.24 bits per heavy atom. The van der Waals surface area contributed by atoms with Gasteiger partial charge in [-0.3, -0.25) is 0 Å². The molecule has 0 radical (unpaired) electrons. The van der Waals surface area contributed by atoms with Crippen molar-refractivity contribution >= 4 is 5.69 Å². The van der Waals surface area contributed by atoms with Crippen molar-refractivity contribution < 1.29 is 0 Å². The number of hydrogen-bond donors (Lipinski definition) is 1. The standard InChI is InChI=1S/C15H22N2/c1-12-3-4-13(2)14(9-12)17-8-6-15(11-17)5-7-16-10-15/h3-4,9,16H,5-8,10-11H2,1-2H3. The van der Waals surface area contributed by atoms with Gasteiger partial charge in [0.2, 0.25) is 0 Å². The Kier molecular flexibility index (Phi) is 2.62. The highest BCUT2D eigenvalue weighted by Gasteiger charge is 2.40. The lowest BCUT2D eigenvalue weighted by Gasteiger charge is -2.25. The molecule has 1 unspecified atom stereocenters. The van der Waals surface area contributed by atoms with Crippen molar-refractivity contribution in [1.29, 1.82) is 0 Å². The van der Waals surface area contributed by atoms with Gasteiger partial charge in [0.25, 0.3) is 0 Å². The molecule has 2 aliphatic rings. The normalized spacial score (nSPS) is 28.2. The van der Waals surface area contributed by atoms with E-state index in [9.17, 15) is 0 Å². The van der Waals surface area contributed by atoms with Crippen LogP contribution in [0.1, 0.15) is 24.0 Å². The fraction of sp³-hybridized carbons (Fsp3) is 0.600. The Morgan fingerprint density at radius 2 is 2.12 bits per heavy atom. The average Bonchev–Trinajstić information content (AvgIpc) is 2.94. The van der Waals surface area contributed by atoms with Crippen LogP contribution in [0.2, 0.25) is 0 Å². The summed E-state index contributed by atoms with van der Waals surface area (Å²) in [6.07, 6.45) is 2.71. The van der Waals surface area contributed by atoms with E-state index in [1.807, 2.05) is 0 Å². The first-order valence-electron chi connectivity index (χ1n) is 6.72. The zero-order valence-corrected chi connectivity index (χ0v) is 10.9. The van der Waals surface area contributed by atoms with E-state index in [-0.39, 0.29) is 0 Å². The summed E-state index contributed by atoms with van der Waals surface area (Å²) in [6, 6.07) is 6.81. The van der Waals surface area contributed by atoms with Crippen LogP contribution in [-0.2, 0) is 0 Å². The average molecular weight is 230 g/mol. The molecule has 2 aliphatic heterocycles. The maximum absolute atomic E-state index is 3.53. The minimum absolute atomic E-state index is 0.566. The third kappa shape index (κ3) is 1.95. The molecule has 2 heterocycles. The Balaban J connectivity index is 1.84. The fourth-order valence-electron chi connectivity index (χ4n) is 3.34. The van der Waals surface area contributed by atoms with Crippen LogP contribution >= 0.6 is 0 Å². The number of benzene rings is 1. The molecule has 1 spiro atoms. The minimum Gasteiger partial charge on any atom is -0.371 e. The Labute approximate surface area is 104 Å². The zero-order valence-electron chi connectivity index (χ0n) is 10.9. The molecule has 17 heavy (non-hydrogen) atoms. The van der Waals surface area contributed by atoms with E-state index < -0.39 is 0 Å². The molecule has 0 amide bonds. The second kappa shape index (κ2) is 4.02. The quantitative estimate of drug-likeness (QED) is 0.797. The second-order valence-corrected chi connectivity index (χ2v) is 5.89. The van der Waals surface area contributed by atoms with Gasteiger partial charge in [0.05, 0.1) is 0 Å². The van der Waals surface area contributed by atoms with Crippen molar-refractivity contribution in [2.75, 3.05) is 31.1 Å². The van der Waals surface area contributed by atoms with Gasteiger partial charge in [0.15, 0.2) is 0 Å². The van der Waals surface area contributed by atoms with Gasteiger partial charge < -0.3 is 10.2 Å². The van der Waals surface area contributed by atoms with Crippen molar-refractivity contribution in [2.45, 2.75) is 26.7 Å². The van der Waals surface area contributed by atoms with Gasteiger partial charge >= 0.3 is 0 Å². The molecule has 0 aliphatic carbocycles. The van der Waals surface area contributed by atoms with Crippen LogP contribution in [-0.4, -0.2) is 26.2 Å². The van der Waals surface area contributed by atoms with Gasteiger partial charge in [0, 0.05) is 30.7 Å². The van der Waals surface area contributed by atoms with E-state index in [1.54, 1.807) is 0 Å². The first kappa shape index (κ1) is 11.1. The smallest absolute Gasteiger partial charge is 0.0398 e. The summed E-state index contributed by atoms with van der Waals surface area (Å²) >= 11 is 0. The molecule has 1 aromatic carbocycles. The zero-order chi connectivity index (χ0) is 11.9. The van der Waals surface area contributed by atoms with Crippen molar-refractivity contribution in [3.8, 4) is 0 Å². The molecule has 3 rings (SSSR count). The molecule has 0 aromatic heterocycles. The lowest BCUT2D eigenvalue weighted by Crippen LogP contribution is -2.29. The summed E-state index contributed by atoms with van der Waals surface area (Å²) in [7, 11) is 0. The number of anilines is 1. The van der Waals surface area contributed by atoms with Crippen LogP contribution in [0.25, 0.3) is 0 Å². The highest BCUT2D eigenvalue weighted by atomic mass is 15.2. The van der Waals surface area contributed by atoms with Gasteiger partial charge in [-0.15, -0.1) is 0 Å². The van der Waals surface area contributed by atoms with E-state index in [1.165, 1.54) is 55.8 Å². The molecule has 2 heteroatoms. The van der Waals surface area contributed by atoms with E-state index in [0.717, 1.165) is 0 Å². The lowest BCUT2D eigenvalue weighted by molar-refractivity contribution is 0.369. The monoisotopic (exact) mass is 230 g/mol. The lowest BCUT2D eigenvalue weighted by atomic mass is 9.86. The van der Waals surface area contributed by atoms with E-state index in [2.05, 4.69) is 42.3 Å². The Hall–Kier alpha value is -1.02. The van der Waals surface area contributed by atoms with Crippen molar-refractivity contribution in [3.05, 3.63) is 29.3 Å². The third-order valence-electron chi connectivity index (χ3n) is 4.48. The van der Waals surface area contributed by atoms with Crippen LogP contribution in [0.3, 0.4) is 0 Å². The number of nitrogens with zero attached hydrogens (tertiary/aromatic N) is 1. The van der Waals surface area contributed by atoms with Gasteiger partial charge in [-0.25, -0.2) is 0 Å². The maximum atomic E-state index is 3.53. The predicted molar refractivity (Wildman–Crippen MR) is 72.7 cm³/mol.